The van der Waals surface area contributed by atoms with E-state index in [4.69, 9.17) is 10.5 Å². The Bertz CT molecular complexity index is 435. The zero-order valence-corrected chi connectivity index (χ0v) is 11.8. The summed E-state index contributed by atoms with van der Waals surface area (Å²) in [5.41, 5.74) is 6.56. The van der Waals surface area contributed by atoms with Gasteiger partial charge in [0.1, 0.15) is 0 Å². The van der Waals surface area contributed by atoms with Gasteiger partial charge in [-0.05, 0) is 18.1 Å². The van der Waals surface area contributed by atoms with E-state index in [0.717, 1.165) is 0 Å². The van der Waals surface area contributed by atoms with Crippen molar-refractivity contribution < 1.29 is 14.3 Å². The molecule has 1 heterocycles. The lowest BCUT2D eigenvalue weighted by molar-refractivity contribution is 0.0594. The number of nitrogens with two attached hydrogens (primary N) is 1. The molecule has 6 heteroatoms. The second-order valence-electron chi connectivity index (χ2n) is 4.58. The fourth-order valence-electron chi connectivity index (χ4n) is 1.56. The number of aromatic nitrogens is 1. The van der Waals surface area contributed by atoms with Crippen molar-refractivity contribution >= 4 is 17.5 Å². The van der Waals surface area contributed by atoms with Crippen LogP contribution in [0.15, 0.2) is 12.1 Å². The number of methoxy groups -OCH3 is 2. The number of hydrogen-bond donors (Lipinski definition) is 2. The predicted octanol–water partition coefficient (Wildman–Crippen LogP) is 1.53. The number of hydrogen-bond acceptors (Lipinski definition) is 6. The molecule has 0 amide bonds. The molecule has 1 aromatic heterocycles. The molecule has 0 saturated carbocycles. The van der Waals surface area contributed by atoms with Crippen molar-refractivity contribution in [3.05, 3.63) is 17.8 Å². The van der Waals surface area contributed by atoms with Gasteiger partial charge in [-0.15, -0.1) is 0 Å². The Morgan fingerprint density at radius 3 is 2.63 bits per heavy atom. The monoisotopic (exact) mass is 267 g/mol. The minimum Gasteiger partial charge on any atom is -0.464 e. The zero-order valence-electron chi connectivity index (χ0n) is 11.8. The van der Waals surface area contributed by atoms with E-state index in [9.17, 15) is 4.79 Å². The molecular weight excluding hydrogens is 246 g/mol. The van der Waals surface area contributed by atoms with Gasteiger partial charge >= 0.3 is 5.97 Å². The molecule has 0 aliphatic rings. The minimum atomic E-state index is -0.490. The number of carbonyl (C=O) groups is 1. The van der Waals surface area contributed by atoms with E-state index in [1.807, 2.05) is 0 Å². The second kappa shape index (κ2) is 6.94. The molecule has 0 saturated heterocycles. The minimum absolute atomic E-state index is 0.0627. The molecule has 1 unspecified atom stereocenters. The summed E-state index contributed by atoms with van der Waals surface area (Å²) >= 11 is 0. The third-order valence-electron chi connectivity index (χ3n) is 2.79. The van der Waals surface area contributed by atoms with E-state index in [0.29, 0.717) is 24.0 Å². The third-order valence-corrected chi connectivity index (χ3v) is 2.79. The highest BCUT2D eigenvalue weighted by Crippen LogP contribution is 2.19. The van der Waals surface area contributed by atoms with Crippen LogP contribution in [0.5, 0.6) is 0 Å². The van der Waals surface area contributed by atoms with Gasteiger partial charge in [0.15, 0.2) is 11.5 Å². The topological polar surface area (TPSA) is 86.5 Å². The summed E-state index contributed by atoms with van der Waals surface area (Å²) in [5, 5.41) is 3.20. The first kappa shape index (κ1) is 15.2. The maximum absolute atomic E-state index is 11.4. The van der Waals surface area contributed by atoms with Crippen molar-refractivity contribution in [1.82, 2.24) is 4.98 Å². The molecule has 106 valence electrons. The van der Waals surface area contributed by atoms with E-state index in [-0.39, 0.29) is 11.7 Å². The lowest BCUT2D eigenvalue weighted by atomic mass is 10.1. The molecule has 1 atom stereocenters. The lowest BCUT2D eigenvalue weighted by Gasteiger charge is -2.23. The van der Waals surface area contributed by atoms with Crippen molar-refractivity contribution in [3.63, 3.8) is 0 Å². The first-order valence-electron chi connectivity index (χ1n) is 6.09. The van der Waals surface area contributed by atoms with Crippen molar-refractivity contribution in [3.8, 4) is 0 Å². The number of nitrogens with zero attached hydrogens (tertiary/aromatic N) is 1. The van der Waals surface area contributed by atoms with E-state index in [1.165, 1.54) is 13.2 Å². The molecule has 0 radical (unpaired) electrons. The van der Waals surface area contributed by atoms with Crippen molar-refractivity contribution in [2.24, 2.45) is 5.92 Å². The summed E-state index contributed by atoms with van der Waals surface area (Å²) in [5.74, 6) is 0.317. The molecule has 0 aliphatic carbocycles. The van der Waals surface area contributed by atoms with Crippen LogP contribution in [0.4, 0.5) is 11.5 Å². The van der Waals surface area contributed by atoms with Crippen molar-refractivity contribution in [2.45, 2.75) is 19.9 Å². The number of nitrogen functional groups attached to an aromatic ring is 1. The number of pyridine rings is 1. The van der Waals surface area contributed by atoms with Crippen LogP contribution in [0.25, 0.3) is 0 Å². The van der Waals surface area contributed by atoms with Gasteiger partial charge in [-0.2, -0.15) is 0 Å². The van der Waals surface area contributed by atoms with Crippen LogP contribution in [0.1, 0.15) is 24.3 Å². The smallest absolute Gasteiger partial charge is 0.356 e. The standard InChI is InChI=1S/C13H21N3O3/c1-8(2)11(7-18-3)16-12-9(14)5-6-10(15-12)13(17)19-4/h5-6,8,11H,7,14H2,1-4H3,(H,15,16). The molecule has 0 aliphatic heterocycles. The number of carbonyl (C=O) groups excluding carboxylic acids is 1. The normalized spacial score (nSPS) is 12.3. The molecule has 6 nitrogen and oxygen atoms in total. The molecular formula is C13H21N3O3. The summed E-state index contributed by atoms with van der Waals surface area (Å²) in [6, 6.07) is 3.23. The van der Waals surface area contributed by atoms with Crippen molar-refractivity contribution in [2.75, 3.05) is 31.9 Å². The van der Waals surface area contributed by atoms with Gasteiger partial charge in [0, 0.05) is 7.11 Å². The van der Waals surface area contributed by atoms with Crippen molar-refractivity contribution in [1.29, 1.82) is 0 Å². The second-order valence-corrected chi connectivity index (χ2v) is 4.58. The van der Waals surface area contributed by atoms with E-state index >= 15 is 0 Å². The molecule has 1 rings (SSSR count). The highest BCUT2D eigenvalue weighted by Gasteiger charge is 2.16. The largest absolute Gasteiger partial charge is 0.464 e. The first-order valence-corrected chi connectivity index (χ1v) is 6.09. The van der Waals surface area contributed by atoms with Gasteiger partial charge in [0.2, 0.25) is 0 Å². The molecule has 0 aromatic carbocycles. The van der Waals surface area contributed by atoms with E-state index < -0.39 is 5.97 Å². The average Bonchev–Trinajstić information content (AvgIpc) is 2.39. The quantitative estimate of drug-likeness (QED) is 0.760. The molecule has 19 heavy (non-hydrogen) atoms. The maximum atomic E-state index is 11.4. The first-order chi connectivity index (χ1) is 8.99. The Balaban J connectivity index is 2.95. The van der Waals surface area contributed by atoms with Gasteiger partial charge < -0.3 is 20.5 Å². The molecule has 1 aromatic rings. The highest BCUT2D eigenvalue weighted by atomic mass is 16.5. The van der Waals surface area contributed by atoms with Crippen LogP contribution in [0.2, 0.25) is 0 Å². The molecule has 0 fully saturated rings. The number of anilines is 2. The summed E-state index contributed by atoms with van der Waals surface area (Å²) in [6.45, 7) is 4.66. The Morgan fingerprint density at radius 1 is 1.42 bits per heavy atom. The third kappa shape index (κ3) is 4.10. The Labute approximate surface area is 113 Å². The van der Waals surface area contributed by atoms with Crippen LogP contribution < -0.4 is 11.1 Å². The van der Waals surface area contributed by atoms with Gasteiger partial charge in [0.05, 0.1) is 25.4 Å². The zero-order chi connectivity index (χ0) is 14.4. The van der Waals surface area contributed by atoms with Crippen LogP contribution in [0.3, 0.4) is 0 Å². The predicted molar refractivity (Wildman–Crippen MR) is 74.1 cm³/mol. The Morgan fingerprint density at radius 2 is 2.11 bits per heavy atom. The Kier molecular flexibility index (Phi) is 5.57. The SMILES string of the molecule is COCC(Nc1nc(C(=O)OC)ccc1N)C(C)C. The van der Waals surface area contributed by atoms with Gasteiger partial charge in [-0.25, -0.2) is 9.78 Å². The highest BCUT2D eigenvalue weighted by molar-refractivity contribution is 5.88. The molecule has 0 bridgehead atoms. The summed E-state index contributed by atoms with van der Waals surface area (Å²) in [7, 11) is 2.95. The molecule has 0 spiro atoms. The fraction of sp³-hybridized carbons (Fsp3) is 0.538. The molecule has 3 N–H and O–H groups in total. The maximum Gasteiger partial charge on any atom is 0.356 e. The summed E-state index contributed by atoms with van der Waals surface area (Å²) < 4.78 is 9.79. The Hall–Kier alpha value is -1.82. The van der Waals surface area contributed by atoms with Crippen LogP contribution >= 0.6 is 0 Å². The van der Waals surface area contributed by atoms with Crippen LogP contribution in [-0.2, 0) is 9.47 Å². The number of ether oxygens (including phenoxy) is 2. The van der Waals surface area contributed by atoms with E-state index in [1.54, 1.807) is 13.2 Å². The fourth-order valence-corrected chi connectivity index (χ4v) is 1.56. The summed E-state index contributed by atoms with van der Waals surface area (Å²) in [4.78, 5) is 15.6. The van der Waals surface area contributed by atoms with Crippen LogP contribution in [-0.4, -0.2) is 37.8 Å². The van der Waals surface area contributed by atoms with Crippen LogP contribution in [0, 0.1) is 5.92 Å². The summed E-state index contributed by atoms with van der Waals surface area (Å²) in [6.07, 6.45) is 0. The number of rotatable bonds is 6. The van der Waals surface area contributed by atoms with Gasteiger partial charge in [-0.3, -0.25) is 0 Å². The van der Waals surface area contributed by atoms with E-state index in [2.05, 4.69) is 28.9 Å². The number of esters is 1. The number of nitrogens with one attached hydrogen (secondary N) is 1. The van der Waals surface area contributed by atoms with Gasteiger partial charge in [0.25, 0.3) is 0 Å². The lowest BCUT2D eigenvalue weighted by Crippen LogP contribution is -2.31. The average molecular weight is 267 g/mol. The van der Waals surface area contributed by atoms with Gasteiger partial charge in [-0.1, -0.05) is 13.8 Å².